The maximum absolute atomic E-state index is 13.0. The second-order valence-corrected chi connectivity index (χ2v) is 9.90. The molecule has 7 nitrogen and oxygen atoms in total. The number of phosphoric acid groups is 1. The summed E-state index contributed by atoms with van der Waals surface area (Å²) < 4.78 is 22.4. The van der Waals surface area contributed by atoms with E-state index in [9.17, 15) is 19.1 Å². The number of para-hydroxylation sites is 1. The molecule has 0 saturated heterocycles. The van der Waals surface area contributed by atoms with Gasteiger partial charge in [0.1, 0.15) is 11.9 Å². The third-order valence-electron chi connectivity index (χ3n) is 5.46. The normalized spacial score (nSPS) is 16.6. The highest BCUT2D eigenvalue weighted by Crippen LogP contribution is 2.45. The standard InChI is InChI=1S/C23H30NO6P/c1-15-12-16(2)22(20(13-15)30-31(26,27)28)23(3,4)14-21(25)29-19-10-7-11-24-18-9-6-5-8-17(18)19/h5-6,8-9,12-13,19,24H,7,10-11,14H2,1-4H3,(H2,26,27,28). The smallest absolute Gasteiger partial charge is 0.457 e. The van der Waals surface area contributed by atoms with Crippen LogP contribution in [0.25, 0.3) is 0 Å². The maximum atomic E-state index is 13.0. The molecule has 1 aliphatic rings. The summed E-state index contributed by atoms with van der Waals surface area (Å²) in [6.07, 6.45) is 1.32. The van der Waals surface area contributed by atoms with Crippen LogP contribution in [0.5, 0.6) is 5.75 Å². The van der Waals surface area contributed by atoms with Gasteiger partial charge in [0.05, 0.1) is 6.42 Å². The third-order valence-corrected chi connectivity index (χ3v) is 5.90. The van der Waals surface area contributed by atoms with Gasteiger partial charge in [0.15, 0.2) is 0 Å². The Kier molecular flexibility index (Phi) is 6.79. The Morgan fingerprint density at radius 3 is 2.65 bits per heavy atom. The predicted molar refractivity (Wildman–Crippen MR) is 119 cm³/mol. The largest absolute Gasteiger partial charge is 0.524 e. The summed E-state index contributed by atoms with van der Waals surface area (Å²) in [5, 5.41) is 3.36. The molecule has 31 heavy (non-hydrogen) atoms. The van der Waals surface area contributed by atoms with E-state index in [1.807, 2.05) is 58.0 Å². The average molecular weight is 447 g/mol. The molecule has 0 radical (unpaired) electrons. The molecule has 0 fully saturated rings. The lowest BCUT2D eigenvalue weighted by Gasteiger charge is -2.30. The van der Waals surface area contributed by atoms with E-state index in [-0.39, 0.29) is 24.2 Å². The van der Waals surface area contributed by atoms with Gasteiger partial charge in [0, 0.05) is 28.8 Å². The highest BCUT2D eigenvalue weighted by atomic mass is 31.2. The first-order valence-electron chi connectivity index (χ1n) is 10.4. The van der Waals surface area contributed by atoms with Crippen molar-refractivity contribution in [3.05, 3.63) is 58.7 Å². The van der Waals surface area contributed by atoms with Crippen LogP contribution < -0.4 is 9.84 Å². The molecule has 1 atom stereocenters. The predicted octanol–water partition coefficient (Wildman–Crippen LogP) is 4.93. The zero-order valence-corrected chi connectivity index (χ0v) is 19.2. The number of fused-ring (bicyclic) bond motifs is 1. The Labute approximate surface area is 183 Å². The van der Waals surface area contributed by atoms with Crippen molar-refractivity contribution >= 4 is 19.5 Å². The van der Waals surface area contributed by atoms with Crippen molar-refractivity contribution in [1.29, 1.82) is 0 Å². The Balaban J connectivity index is 1.84. The minimum Gasteiger partial charge on any atom is -0.457 e. The van der Waals surface area contributed by atoms with Crippen molar-refractivity contribution in [2.24, 2.45) is 0 Å². The second-order valence-electron chi connectivity index (χ2n) is 8.73. The van der Waals surface area contributed by atoms with Crippen molar-refractivity contribution < 1.29 is 28.4 Å². The van der Waals surface area contributed by atoms with Gasteiger partial charge in [0.2, 0.25) is 0 Å². The molecule has 1 heterocycles. The molecular formula is C23H30NO6P. The van der Waals surface area contributed by atoms with E-state index in [1.165, 1.54) is 0 Å². The number of benzene rings is 2. The number of aryl methyl sites for hydroxylation is 2. The molecule has 3 rings (SSSR count). The zero-order chi connectivity index (χ0) is 22.8. The quantitative estimate of drug-likeness (QED) is 0.426. The van der Waals surface area contributed by atoms with Crippen molar-refractivity contribution in [2.75, 3.05) is 11.9 Å². The number of hydrogen-bond donors (Lipinski definition) is 3. The fraction of sp³-hybridized carbons (Fsp3) is 0.435. The van der Waals surface area contributed by atoms with E-state index in [1.54, 1.807) is 6.07 Å². The van der Waals surface area contributed by atoms with Crippen LogP contribution in [0.1, 0.15) is 61.5 Å². The van der Waals surface area contributed by atoms with Gasteiger partial charge in [-0.1, -0.05) is 38.1 Å². The number of hydrogen-bond acceptors (Lipinski definition) is 5. The highest BCUT2D eigenvalue weighted by Gasteiger charge is 2.33. The van der Waals surface area contributed by atoms with Crippen LogP contribution >= 0.6 is 7.82 Å². The van der Waals surface area contributed by atoms with Crippen LogP contribution in [0.4, 0.5) is 5.69 Å². The van der Waals surface area contributed by atoms with Crippen molar-refractivity contribution in [2.45, 2.75) is 58.5 Å². The molecule has 0 bridgehead atoms. The Bertz CT molecular complexity index is 1010. The zero-order valence-electron chi connectivity index (χ0n) is 18.3. The molecule has 8 heteroatoms. The average Bonchev–Trinajstić information content (AvgIpc) is 2.81. The number of rotatable bonds is 6. The molecule has 3 N–H and O–H groups in total. The van der Waals surface area contributed by atoms with Gasteiger partial charge in [0.25, 0.3) is 0 Å². The molecule has 2 aromatic carbocycles. The lowest BCUT2D eigenvalue weighted by atomic mass is 9.78. The van der Waals surface area contributed by atoms with Gasteiger partial charge >= 0.3 is 13.8 Å². The number of carbonyl (C=O) groups is 1. The monoisotopic (exact) mass is 447 g/mol. The summed E-state index contributed by atoms with van der Waals surface area (Å²) in [6.45, 7) is 8.18. The summed E-state index contributed by atoms with van der Waals surface area (Å²) in [7, 11) is -4.75. The molecule has 0 amide bonds. The summed E-state index contributed by atoms with van der Waals surface area (Å²) in [6, 6.07) is 11.3. The SMILES string of the molecule is Cc1cc(C)c(C(C)(C)CC(=O)OC2CCCNc3ccccc32)c(OP(=O)(O)O)c1. The van der Waals surface area contributed by atoms with Crippen LogP contribution in [-0.4, -0.2) is 22.3 Å². The first-order chi connectivity index (χ1) is 14.5. The van der Waals surface area contributed by atoms with E-state index in [0.29, 0.717) is 5.56 Å². The summed E-state index contributed by atoms with van der Waals surface area (Å²) >= 11 is 0. The van der Waals surface area contributed by atoms with Gasteiger partial charge in [-0.2, -0.15) is 0 Å². The van der Waals surface area contributed by atoms with Crippen molar-refractivity contribution in [3.63, 3.8) is 0 Å². The van der Waals surface area contributed by atoms with Gasteiger partial charge in [-0.25, -0.2) is 4.57 Å². The molecular weight excluding hydrogens is 417 g/mol. The van der Waals surface area contributed by atoms with Crippen LogP contribution in [0.3, 0.4) is 0 Å². The molecule has 0 spiro atoms. The number of nitrogens with one attached hydrogen (secondary N) is 1. The van der Waals surface area contributed by atoms with Gasteiger partial charge in [-0.05, 0) is 49.9 Å². The van der Waals surface area contributed by atoms with E-state index in [0.717, 1.165) is 41.8 Å². The number of ether oxygens (including phenoxy) is 1. The second kappa shape index (κ2) is 9.03. The first-order valence-corrected chi connectivity index (χ1v) is 11.9. The van der Waals surface area contributed by atoms with Crippen LogP contribution in [0, 0.1) is 13.8 Å². The van der Waals surface area contributed by atoms with Crippen molar-refractivity contribution in [1.82, 2.24) is 0 Å². The minimum absolute atomic E-state index is 0.0422. The van der Waals surface area contributed by atoms with Crippen molar-refractivity contribution in [3.8, 4) is 5.75 Å². The number of esters is 1. The van der Waals surface area contributed by atoms with Crippen LogP contribution in [0.2, 0.25) is 0 Å². The van der Waals surface area contributed by atoms with Crippen LogP contribution in [-0.2, 0) is 19.5 Å². The van der Waals surface area contributed by atoms with Gasteiger partial charge in [-0.3, -0.25) is 14.6 Å². The highest BCUT2D eigenvalue weighted by molar-refractivity contribution is 7.46. The Hall–Kier alpha value is -2.34. The number of carbonyl (C=O) groups excluding carboxylic acids is 1. The van der Waals surface area contributed by atoms with E-state index < -0.39 is 13.2 Å². The fourth-order valence-corrected chi connectivity index (χ4v) is 4.77. The summed E-state index contributed by atoms with van der Waals surface area (Å²) in [5.74, 6) is -0.276. The van der Waals surface area contributed by atoms with E-state index >= 15 is 0 Å². The molecule has 0 saturated carbocycles. The maximum Gasteiger partial charge on any atom is 0.524 e. The molecule has 2 aromatic rings. The minimum atomic E-state index is -4.75. The van der Waals surface area contributed by atoms with Gasteiger partial charge in [-0.15, -0.1) is 0 Å². The lowest BCUT2D eigenvalue weighted by molar-refractivity contribution is -0.151. The molecule has 0 aromatic heterocycles. The molecule has 0 aliphatic carbocycles. The number of phosphoric ester groups is 1. The van der Waals surface area contributed by atoms with Crippen LogP contribution in [0.15, 0.2) is 36.4 Å². The third kappa shape index (κ3) is 5.88. The summed E-state index contributed by atoms with van der Waals surface area (Å²) in [5.41, 5.74) is 3.37. The molecule has 168 valence electrons. The topological polar surface area (TPSA) is 105 Å². The van der Waals surface area contributed by atoms with E-state index in [4.69, 9.17) is 9.26 Å². The van der Waals surface area contributed by atoms with E-state index in [2.05, 4.69) is 5.32 Å². The molecule has 1 aliphatic heterocycles. The fourth-order valence-electron chi connectivity index (χ4n) is 4.37. The Morgan fingerprint density at radius 2 is 1.94 bits per heavy atom. The van der Waals surface area contributed by atoms with Gasteiger partial charge < -0.3 is 14.6 Å². The number of anilines is 1. The lowest BCUT2D eigenvalue weighted by Crippen LogP contribution is -2.26. The summed E-state index contributed by atoms with van der Waals surface area (Å²) in [4.78, 5) is 31.7. The Morgan fingerprint density at radius 1 is 1.23 bits per heavy atom. The first kappa shape index (κ1) is 23.3. The molecule has 1 unspecified atom stereocenters.